The summed E-state index contributed by atoms with van der Waals surface area (Å²) in [6.45, 7) is 0.489. The van der Waals surface area contributed by atoms with E-state index in [2.05, 4.69) is 21.4 Å². The van der Waals surface area contributed by atoms with E-state index >= 15 is 0 Å². The summed E-state index contributed by atoms with van der Waals surface area (Å²) in [5.74, 6) is 0.953. The van der Waals surface area contributed by atoms with E-state index in [9.17, 15) is 4.79 Å². The highest BCUT2D eigenvalue weighted by atomic mass is 35.5. The molecule has 0 saturated heterocycles. The second-order valence-electron chi connectivity index (χ2n) is 8.01. The van der Waals surface area contributed by atoms with Crippen molar-refractivity contribution >= 4 is 17.5 Å². The summed E-state index contributed by atoms with van der Waals surface area (Å²) in [5, 5.41) is 3.83. The second-order valence-corrected chi connectivity index (χ2v) is 8.45. The maximum atomic E-state index is 13.1. The van der Waals surface area contributed by atoms with Crippen LogP contribution >= 0.6 is 11.6 Å². The molecule has 1 fully saturated rings. The van der Waals surface area contributed by atoms with Crippen LogP contribution in [0.3, 0.4) is 0 Å². The number of rotatable bonds is 5. The fraction of sp³-hybridized carbons (Fsp3) is 0.292. The zero-order chi connectivity index (χ0) is 20.6. The van der Waals surface area contributed by atoms with Crippen molar-refractivity contribution in [2.24, 2.45) is 0 Å². The van der Waals surface area contributed by atoms with E-state index in [0.717, 1.165) is 53.8 Å². The van der Waals surface area contributed by atoms with Crippen LogP contribution in [0, 0.1) is 0 Å². The predicted octanol–water partition coefficient (Wildman–Crippen LogP) is 4.34. The summed E-state index contributed by atoms with van der Waals surface area (Å²) in [7, 11) is 0. The molecule has 1 aromatic heterocycles. The zero-order valence-electron chi connectivity index (χ0n) is 16.5. The first-order valence-corrected chi connectivity index (χ1v) is 10.6. The maximum Gasteiger partial charge on any atom is 0.230 e. The molecule has 30 heavy (non-hydrogen) atoms. The highest BCUT2D eigenvalue weighted by molar-refractivity contribution is 6.30. The number of carbonyl (C=O) groups is 1. The van der Waals surface area contributed by atoms with Crippen LogP contribution in [0.4, 0.5) is 0 Å². The Kier molecular flexibility index (Phi) is 4.91. The fourth-order valence-corrected chi connectivity index (χ4v) is 4.49. The molecule has 1 saturated carbocycles. The average Bonchev–Trinajstić information content (AvgIpc) is 3.15. The minimum Gasteiger partial charge on any atom is -0.488 e. The molecule has 1 atom stereocenters. The molecule has 0 radical (unpaired) electrons. The fourth-order valence-electron chi connectivity index (χ4n) is 4.36. The molecule has 2 heterocycles. The number of fused-ring (bicyclic) bond motifs is 1. The van der Waals surface area contributed by atoms with Gasteiger partial charge in [0.2, 0.25) is 5.91 Å². The van der Waals surface area contributed by atoms with Gasteiger partial charge in [-0.15, -0.1) is 0 Å². The summed E-state index contributed by atoms with van der Waals surface area (Å²) >= 11 is 6.02. The van der Waals surface area contributed by atoms with Gasteiger partial charge in [0.25, 0.3) is 0 Å². The van der Waals surface area contributed by atoms with Gasteiger partial charge in [-0.2, -0.15) is 0 Å². The van der Waals surface area contributed by atoms with Crippen LogP contribution in [0.1, 0.15) is 30.4 Å². The molecule has 0 unspecified atom stereocenters. The first-order chi connectivity index (χ1) is 14.6. The number of ether oxygens (including phenoxy) is 1. The number of nitrogens with zero attached hydrogens (tertiary/aromatic N) is 2. The normalized spacial score (nSPS) is 18.8. The first-order valence-electron chi connectivity index (χ1n) is 10.2. The Bertz CT molecular complexity index is 1070. The van der Waals surface area contributed by atoms with Crippen molar-refractivity contribution in [3.8, 4) is 17.0 Å². The smallest absolute Gasteiger partial charge is 0.230 e. The van der Waals surface area contributed by atoms with Crippen LogP contribution in [0.5, 0.6) is 5.75 Å². The molecule has 1 N–H and O–H groups in total. The lowest BCUT2D eigenvalue weighted by Crippen LogP contribution is -2.51. The van der Waals surface area contributed by atoms with Gasteiger partial charge in [0.1, 0.15) is 11.9 Å². The summed E-state index contributed by atoms with van der Waals surface area (Å²) in [5.41, 5.74) is 3.60. The van der Waals surface area contributed by atoms with E-state index in [1.165, 1.54) is 0 Å². The number of hydrogen-bond acceptors (Lipinski definition) is 4. The summed E-state index contributed by atoms with van der Waals surface area (Å²) in [6.07, 6.45) is 8.60. The van der Waals surface area contributed by atoms with Gasteiger partial charge in [0, 0.05) is 29.4 Å². The van der Waals surface area contributed by atoms with Crippen LogP contribution in [0.15, 0.2) is 61.1 Å². The SMILES string of the molecule is O=C(NC[C@@H]1Cc2cc(-c3cnccn3)ccc2O1)C1(c2ccc(Cl)cc2)CCC1. The van der Waals surface area contributed by atoms with E-state index in [1.54, 1.807) is 18.6 Å². The number of halogens is 1. The van der Waals surface area contributed by atoms with Crippen LogP contribution in [-0.2, 0) is 16.6 Å². The molecule has 6 heteroatoms. The van der Waals surface area contributed by atoms with Crippen molar-refractivity contribution in [1.82, 2.24) is 15.3 Å². The van der Waals surface area contributed by atoms with E-state index in [1.807, 2.05) is 36.4 Å². The van der Waals surface area contributed by atoms with E-state index in [4.69, 9.17) is 16.3 Å². The number of aromatic nitrogens is 2. The predicted molar refractivity (Wildman–Crippen MR) is 116 cm³/mol. The first kappa shape index (κ1) is 19.1. The Labute approximate surface area is 180 Å². The van der Waals surface area contributed by atoms with E-state index < -0.39 is 5.41 Å². The summed E-state index contributed by atoms with van der Waals surface area (Å²) in [6, 6.07) is 13.7. The van der Waals surface area contributed by atoms with Gasteiger partial charge in [-0.3, -0.25) is 14.8 Å². The van der Waals surface area contributed by atoms with Gasteiger partial charge in [-0.25, -0.2) is 0 Å². The standard InChI is InChI=1S/C24H22ClN3O2/c25-19-5-3-18(4-6-19)24(8-1-9-24)23(29)28-14-20-13-17-12-16(2-7-22(17)30-20)21-15-26-10-11-27-21/h2-7,10-12,15,20H,1,8-9,13-14H2,(H,28,29)/t20-/m0/s1. The molecule has 1 aliphatic carbocycles. The molecule has 1 amide bonds. The number of carbonyl (C=O) groups excluding carboxylic acids is 1. The van der Waals surface area contributed by atoms with Gasteiger partial charge >= 0.3 is 0 Å². The average molecular weight is 420 g/mol. The molecule has 5 rings (SSSR count). The van der Waals surface area contributed by atoms with E-state index in [-0.39, 0.29) is 12.0 Å². The topological polar surface area (TPSA) is 64.1 Å². The summed E-state index contributed by atoms with van der Waals surface area (Å²) in [4.78, 5) is 21.6. The van der Waals surface area contributed by atoms with Gasteiger partial charge in [-0.1, -0.05) is 30.2 Å². The van der Waals surface area contributed by atoms with Crippen LogP contribution < -0.4 is 10.1 Å². The van der Waals surface area contributed by atoms with Crippen molar-refractivity contribution < 1.29 is 9.53 Å². The lowest BCUT2D eigenvalue weighted by atomic mass is 9.64. The summed E-state index contributed by atoms with van der Waals surface area (Å²) < 4.78 is 6.07. The third-order valence-corrected chi connectivity index (χ3v) is 6.44. The number of hydrogen-bond donors (Lipinski definition) is 1. The monoisotopic (exact) mass is 419 g/mol. The van der Waals surface area contributed by atoms with Gasteiger partial charge < -0.3 is 10.1 Å². The Balaban J connectivity index is 1.24. The number of benzene rings is 2. The van der Waals surface area contributed by atoms with Crippen molar-refractivity contribution in [1.29, 1.82) is 0 Å². The molecule has 3 aromatic rings. The molecule has 2 aromatic carbocycles. The molecule has 0 bridgehead atoms. The lowest BCUT2D eigenvalue weighted by Gasteiger charge is -2.41. The largest absolute Gasteiger partial charge is 0.488 e. The number of amides is 1. The van der Waals surface area contributed by atoms with Crippen LogP contribution in [-0.4, -0.2) is 28.5 Å². The Morgan fingerprint density at radius 3 is 2.70 bits per heavy atom. The van der Waals surface area contributed by atoms with Gasteiger partial charge in [-0.05, 0) is 54.3 Å². The van der Waals surface area contributed by atoms with Gasteiger partial charge in [0.15, 0.2) is 0 Å². The molecule has 2 aliphatic rings. The van der Waals surface area contributed by atoms with Crippen molar-refractivity contribution in [2.75, 3.05) is 6.54 Å². The minimum absolute atomic E-state index is 0.0663. The Hall–Kier alpha value is -2.92. The maximum absolute atomic E-state index is 13.1. The van der Waals surface area contributed by atoms with Crippen molar-refractivity contribution in [3.63, 3.8) is 0 Å². The third kappa shape index (κ3) is 3.43. The lowest BCUT2D eigenvalue weighted by molar-refractivity contribution is -0.130. The minimum atomic E-state index is -0.435. The second kappa shape index (κ2) is 7.73. The Morgan fingerprint density at radius 1 is 1.17 bits per heavy atom. The quantitative estimate of drug-likeness (QED) is 0.668. The van der Waals surface area contributed by atoms with E-state index in [0.29, 0.717) is 11.6 Å². The highest BCUT2D eigenvalue weighted by Gasteiger charge is 2.45. The van der Waals surface area contributed by atoms with Crippen LogP contribution in [0.2, 0.25) is 5.02 Å². The van der Waals surface area contributed by atoms with Crippen LogP contribution in [0.25, 0.3) is 11.3 Å². The number of nitrogens with one attached hydrogen (secondary N) is 1. The zero-order valence-corrected chi connectivity index (χ0v) is 17.2. The van der Waals surface area contributed by atoms with Gasteiger partial charge in [0.05, 0.1) is 23.9 Å². The molecular weight excluding hydrogens is 398 g/mol. The Morgan fingerprint density at radius 2 is 2.00 bits per heavy atom. The van der Waals surface area contributed by atoms with Crippen molar-refractivity contribution in [2.45, 2.75) is 37.2 Å². The molecule has 152 valence electrons. The van der Waals surface area contributed by atoms with Crippen molar-refractivity contribution in [3.05, 3.63) is 77.2 Å². The molecular formula is C24H22ClN3O2. The molecule has 0 spiro atoms. The third-order valence-electron chi connectivity index (χ3n) is 6.19. The molecule has 5 nitrogen and oxygen atoms in total. The highest BCUT2D eigenvalue weighted by Crippen LogP contribution is 2.44. The molecule has 1 aliphatic heterocycles.